The van der Waals surface area contributed by atoms with Crippen molar-refractivity contribution in [1.82, 2.24) is 9.80 Å². The molecule has 1 aliphatic rings. The molecule has 1 aromatic carbocycles. The van der Waals surface area contributed by atoms with Gasteiger partial charge in [-0.05, 0) is 51.7 Å². The molecule has 0 radical (unpaired) electrons. The summed E-state index contributed by atoms with van der Waals surface area (Å²) in [6, 6.07) is 8.44. The van der Waals surface area contributed by atoms with Crippen LogP contribution < -0.4 is 5.73 Å². The van der Waals surface area contributed by atoms with Crippen molar-refractivity contribution in [2.75, 3.05) is 46.5 Å². The average Bonchev–Trinajstić information content (AvgIpc) is 3.08. The Kier molecular flexibility index (Phi) is 3.93. The van der Waals surface area contributed by atoms with E-state index >= 15 is 0 Å². The summed E-state index contributed by atoms with van der Waals surface area (Å²) in [6.07, 6.45) is 2.62. The van der Waals surface area contributed by atoms with Crippen molar-refractivity contribution in [2.24, 2.45) is 0 Å². The fourth-order valence-corrected chi connectivity index (χ4v) is 2.49. The number of nitrogen functional groups attached to an aromatic ring is 1. The molecule has 0 atom stereocenters. The Morgan fingerprint density at radius 1 is 1.06 bits per heavy atom. The number of rotatable bonds is 6. The van der Waals surface area contributed by atoms with E-state index < -0.39 is 0 Å². The molecule has 0 saturated heterocycles. The van der Waals surface area contributed by atoms with Crippen molar-refractivity contribution < 1.29 is 0 Å². The summed E-state index contributed by atoms with van der Waals surface area (Å²) in [6.45, 7) is 3.41. The zero-order valence-electron chi connectivity index (χ0n) is 11.8. The zero-order valence-corrected chi connectivity index (χ0v) is 11.8. The van der Waals surface area contributed by atoms with Crippen LogP contribution in [-0.2, 0) is 5.41 Å². The van der Waals surface area contributed by atoms with Crippen molar-refractivity contribution in [3.63, 3.8) is 0 Å². The van der Waals surface area contributed by atoms with Gasteiger partial charge < -0.3 is 15.5 Å². The van der Waals surface area contributed by atoms with Crippen molar-refractivity contribution in [2.45, 2.75) is 18.3 Å². The molecule has 0 heterocycles. The SMILES string of the molecule is CN(C)CCN(C)CC1(c2ccc(N)cc2)CC1. The lowest BCUT2D eigenvalue weighted by Gasteiger charge is -2.25. The summed E-state index contributed by atoms with van der Waals surface area (Å²) in [4.78, 5) is 4.68. The summed E-state index contributed by atoms with van der Waals surface area (Å²) in [5, 5.41) is 0. The standard InChI is InChI=1S/C15H25N3/c1-17(2)10-11-18(3)12-15(8-9-15)13-4-6-14(16)7-5-13/h4-7H,8-12,16H2,1-3H3. The Morgan fingerprint density at radius 3 is 2.17 bits per heavy atom. The molecule has 2 N–H and O–H groups in total. The third-order valence-electron chi connectivity index (χ3n) is 3.88. The van der Waals surface area contributed by atoms with E-state index in [4.69, 9.17) is 5.73 Å². The molecule has 0 aliphatic heterocycles. The van der Waals surface area contributed by atoms with Crippen molar-refractivity contribution in [3.8, 4) is 0 Å². The molecule has 2 rings (SSSR count). The summed E-state index contributed by atoms with van der Waals surface area (Å²) >= 11 is 0. The number of nitrogens with zero attached hydrogens (tertiary/aromatic N) is 2. The third-order valence-corrected chi connectivity index (χ3v) is 3.88. The molecule has 0 amide bonds. The van der Waals surface area contributed by atoms with Gasteiger partial charge in [-0.25, -0.2) is 0 Å². The molecular formula is C15H25N3. The van der Waals surface area contributed by atoms with Gasteiger partial charge in [0.25, 0.3) is 0 Å². The van der Waals surface area contributed by atoms with Crippen LogP contribution in [0.15, 0.2) is 24.3 Å². The Balaban J connectivity index is 1.93. The fourth-order valence-electron chi connectivity index (χ4n) is 2.49. The Hall–Kier alpha value is -1.06. The molecule has 0 aromatic heterocycles. The van der Waals surface area contributed by atoms with Gasteiger partial charge in [-0.1, -0.05) is 12.1 Å². The minimum Gasteiger partial charge on any atom is -0.399 e. The van der Waals surface area contributed by atoms with Gasteiger partial charge in [-0.3, -0.25) is 0 Å². The van der Waals surface area contributed by atoms with Crippen LogP contribution in [0, 0.1) is 0 Å². The summed E-state index contributed by atoms with van der Waals surface area (Å²) in [5.41, 5.74) is 8.46. The van der Waals surface area contributed by atoms with Gasteiger partial charge in [0, 0.05) is 30.7 Å². The van der Waals surface area contributed by atoms with Crippen molar-refractivity contribution >= 4 is 5.69 Å². The van der Waals surface area contributed by atoms with Gasteiger partial charge in [-0.2, -0.15) is 0 Å². The number of benzene rings is 1. The third kappa shape index (κ3) is 3.24. The van der Waals surface area contributed by atoms with Gasteiger partial charge in [-0.15, -0.1) is 0 Å². The second-order valence-electron chi connectivity index (χ2n) is 5.94. The smallest absolute Gasteiger partial charge is 0.0314 e. The topological polar surface area (TPSA) is 32.5 Å². The molecule has 0 spiro atoms. The van der Waals surface area contributed by atoms with E-state index in [1.54, 1.807) is 0 Å². The highest BCUT2D eigenvalue weighted by Crippen LogP contribution is 2.48. The number of likely N-dealkylation sites (N-methyl/N-ethyl adjacent to an activating group) is 2. The van der Waals surface area contributed by atoms with Crippen molar-refractivity contribution in [3.05, 3.63) is 29.8 Å². The van der Waals surface area contributed by atoms with E-state index in [1.165, 1.54) is 18.4 Å². The van der Waals surface area contributed by atoms with Gasteiger partial charge >= 0.3 is 0 Å². The van der Waals surface area contributed by atoms with Crippen LogP contribution in [-0.4, -0.2) is 50.6 Å². The Bertz CT molecular complexity index is 379. The van der Waals surface area contributed by atoms with Gasteiger partial charge in [0.15, 0.2) is 0 Å². The fraction of sp³-hybridized carbons (Fsp3) is 0.600. The lowest BCUT2D eigenvalue weighted by atomic mass is 9.95. The van der Waals surface area contributed by atoms with Crippen LogP contribution in [0.4, 0.5) is 5.69 Å². The number of hydrogen-bond donors (Lipinski definition) is 1. The van der Waals surface area contributed by atoms with E-state index in [1.807, 2.05) is 12.1 Å². The maximum atomic E-state index is 5.76. The van der Waals surface area contributed by atoms with Gasteiger partial charge in [0.05, 0.1) is 0 Å². The Morgan fingerprint density at radius 2 is 1.67 bits per heavy atom. The summed E-state index contributed by atoms with van der Waals surface area (Å²) < 4.78 is 0. The second kappa shape index (κ2) is 5.29. The normalized spacial score (nSPS) is 17.4. The first-order valence-corrected chi connectivity index (χ1v) is 6.71. The predicted octanol–water partition coefficient (Wildman–Crippen LogP) is 1.79. The Labute approximate surface area is 111 Å². The average molecular weight is 247 g/mol. The number of hydrogen-bond acceptors (Lipinski definition) is 3. The van der Waals surface area contributed by atoms with E-state index in [2.05, 4.69) is 43.1 Å². The predicted molar refractivity (Wildman–Crippen MR) is 77.8 cm³/mol. The maximum absolute atomic E-state index is 5.76. The van der Waals surface area contributed by atoms with Crippen LogP contribution in [0.1, 0.15) is 18.4 Å². The first-order chi connectivity index (χ1) is 8.52. The zero-order chi connectivity index (χ0) is 13.2. The van der Waals surface area contributed by atoms with E-state index in [9.17, 15) is 0 Å². The molecule has 1 aliphatic carbocycles. The molecule has 1 fully saturated rings. The van der Waals surface area contributed by atoms with E-state index in [0.717, 1.165) is 25.3 Å². The van der Waals surface area contributed by atoms with Crippen LogP contribution >= 0.6 is 0 Å². The first-order valence-electron chi connectivity index (χ1n) is 6.71. The maximum Gasteiger partial charge on any atom is 0.0314 e. The van der Waals surface area contributed by atoms with Gasteiger partial charge in [0.1, 0.15) is 0 Å². The highest BCUT2D eigenvalue weighted by molar-refractivity contribution is 5.43. The van der Waals surface area contributed by atoms with Crippen LogP contribution in [0.2, 0.25) is 0 Å². The summed E-state index contributed by atoms with van der Waals surface area (Å²) in [5.74, 6) is 0. The van der Waals surface area contributed by atoms with Gasteiger partial charge in [0.2, 0.25) is 0 Å². The largest absolute Gasteiger partial charge is 0.399 e. The number of anilines is 1. The molecule has 1 aromatic rings. The van der Waals surface area contributed by atoms with Crippen molar-refractivity contribution in [1.29, 1.82) is 0 Å². The molecule has 0 unspecified atom stereocenters. The second-order valence-corrected chi connectivity index (χ2v) is 5.94. The minimum atomic E-state index is 0.398. The van der Waals surface area contributed by atoms with Crippen LogP contribution in [0.3, 0.4) is 0 Å². The lowest BCUT2D eigenvalue weighted by Crippen LogP contribution is -2.34. The molecule has 100 valence electrons. The monoisotopic (exact) mass is 247 g/mol. The quantitative estimate of drug-likeness (QED) is 0.778. The van der Waals surface area contributed by atoms with Crippen LogP contribution in [0.25, 0.3) is 0 Å². The highest BCUT2D eigenvalue weighted by atomic mass is 15.2. The lowest BCUT2D eigenvalue weighted by molar-refractivity contribution is 0.262. The van der Waals surface area contributed by atoms with E-state index in [-0.39, 0.29) is 0 Å². The van der Waals surface area contributed by atoms with Crippen LogP contribution in [0.5, 0.6) is 0 Å². The number of nitrogens with two attached hydrogens (primary N) is 1. The van der Waals surface area contributed by atoms with E-state index in [0.29, 0.717) is 5.41 Å². The molecule has 3 heteroatoms. The molecule has 0 bridgehead atoms. The molecular weight excluding hydrogens is 222 g/mol. The molecule has 18 heavy (non-hydrogen) atoms. The molecule has 3 nitrogen and oxygen atoms in total. The summed E-state index contributed by atoms with van der Waals surface area (Å²) in [7, 11) is 6.47. The molecule has 1 saturated carbocycles. The highest BCUT2D eigenvalue weighted by Gasteiger charge is 2.44. The minimum absolute atomic E-state index is 0.398. The first kappa shape index (κ1) is 13.4.